The van der Waals surface area contributed by atoms with Crippen LogP contribution < -0.4 is 19.9 Å². The van der Waals surface area contributed by atoms with Crippen molar-refractivity contribution in [3.05, 3.63) is 39.0 Å². The molecule has 6 heteroatoms. The van der Waals surface area contributed by atoms with E-state index in [9.17, 15) is 0 Å². The molecule has 2 N–H and O–H groups in total. The maximum Gasteiger partial charge on any atom is 0.164 e. The molecule has 0 bridgehead atoms. The van der Waals surface area contributed by atoms with Gasteiger partial charge in [0.1, 0.15) is 5.75 Å². The van der Waals surface area contributed by atoms with E-state index in [-0.39, 0.29) is 6.04 Å². The number of hydrogen-bond acceptors (Lipinski definition) is 5. The normalized spacial score (nSPS) is 12.0. The second-order valence-electron chi connectivity index (χ2n) is 4.47. The third kappa shape index (κ3) is 3.61. The summed E-state index contributed by atoms with van der Waals surface area (Å²) in [5.41, 5.74) is 7.19. The van der Waals surface area contributed by atoms with Crippen molar-refractivity contribution in [1.82, 2.24) is 0 Å². The Bertz CT molecular complexity index is 615. The largest absolute Gasteiger partial charge is 0.496 e. The monoisotopic (exact) mass is 327 g/mol. The highest BCUT2D eigenvalue weighted by molar-refractivity contribution is 7.16. The van der Waals surface area contributed by atoms with Gasteiger partial charge in [0.25, 0.3) is 0 Å². The molecule has 0 aliphatic carbocycles. The van der Waals surface area contributed by atoms with Crippen molar-refractivity contribution in [1.29, 1.82) is 0 Å². The molecule has 0 aliphatic rings. The molecule has 0 saturated heterocycles. The molecule has 0 aliphatic heterocycles. The van der Waals surface area contributed by atoms with Crippen LogP contribution in [0, 0.1) is 0 Å². The Morgan fingerprint density at radius 2 is 1.67 bits per heavy atom. The number of ether oxygens (including phenoxy) is 3. The van der Waals surface area contributed by atoms with Crippen LogP contribution in [0.3, 0.4) is 0 Å². The fraction of sp³-hybridized carbons (Fsp3) is 0.333. The predicted molar refractivity (Wildman–Crippen MR) is 86.1 cm³/mol. The van der Waals surface area contributed by atoms with Gasteiger partial charge >= 0.3 is 0 Å². The summed E-state index contributed by atoms with van der Waals surface area (Å²) < 4.78 is 16.8. The molecular weight excluding hydrogens is 310 g/mol. The maximum atomic E-state index is 6.32. The van der Waals surface area contributed by atoms with Crippen LogP contribution in [0.25, 0.3) is 0 Å². The molecular formula is C15H18ClNO3S. The van der Waals surface area contributed by atoms with Crippen molar-refractivity contribution < 1.29 is 14.2 Å². The summed E-state index contributed by atoms with van der Waals surface area (Å²) >= 11 is 7.48. The van der Waals surface area contributed by atoms with Crippen molar-refractivity contribution in [2.75, 3.05) is 21.3 Å². The van der Waals surface area contributed by atoms with Crippen molar-refractivity contribution >= 4 is 22.9 Å². The van der Waals surface area contributed by atoms with Crippen LogP contribution >= 0.6 is 22.9 Å². The van der Waals surface area contributed by atoms with Crippen LogP contribution in [0.5, 0.6) is 17.2 Å². The zero-order valence-corrected chi connectivity index (χ0v) is 13.8. The molecule has 2 aromatic rings. The minimum absolute atomic E-state index is 0.213. The standard InChI is InChI=1S/C15H18ClNO3S/c1-18-12-8-14(20-3)13(19-2)7-10(12)11(17)6-9-4-5-15(16)21-9/h4-5,7-8,11H,6,17H2,1-3H3. The van der Waals surface area contributed by atoms with E-state index in [0.29, 0.717) is 23.7 Å². The molecule has 0 fully saturated rings. The molecule has 0 amide bonds. The first kappa shape index (κ1) is 15.9. The molecule has 0 saturated carbocycles. The van der Waals surface area contributed by atoms with E-state index in [0.717, 1.165) is 14.8 Å². The van der Waals surface area contributed by atoms with Crippen molar-refractivity contribution in [3.63, 3.8) is 0 Å². The summed E-state index contributed by atoms with van der Waals surface area (Å²) in [6, 6.07) is 7.29. The zero-order chi connectivity index (χ0) is 15.4. The van der Waals surface area contributed by atoms with Gasteiger partial charge in [-0.3, -0.25) is 0 Å². The van der Waals surface area contributed by atoms with Crippen molar-refractivity contribution in [2.45, 2.75) is 12.5 Å². The minimum atomic E-state index is -0.213. The number of halogens is 1. The van der Waals surface area contributed by atoms with Gasteiger partial charge in [0, 0.05) is 29.0 Å². The lowest BCUT2D eigenvalue weighted by Gasteiger charge is -2.18. The van der Waals surface area contributed by atoms with E-state index >= 15 is 0 Å². The Hall–Kier alpha value is -1.43. The van der Waals surface area contributed by atoms with Crippen molar-refractivity contribution in [3.8, 4) is 17.2 Å². The molecule has 1 heterocycles. The van der Waals surface area contributed by atoms with Gasteiger partial charge in [-0.05, 0) is 18.2 Å². The molecule has 1 atom stereocenters. The number of hydrogen-bond donors (Lipinski definition) is 1. The van der Waals surface area contributed by atoms with Gasteiger partial charge in [-0.2, -0.15) is 0 Å². The van der Waals surface area contributed by atoms with Crippen LogP contribution in [-0.2, 0) is 6.42 Å². The van der Waals surface area contributed by atoms with Gasteiger partial charge in [0.05, 0.1) is 25.7 Å². The fourth-order valence-electron chi connectivity index (χ4n) is 2.13. The SMILES string of the molecule is COc1cc(OC)c(C(N)Cc2ccc(Cl)s2)cc1OC. The van der Waals surface area contributed by atoms with Gasteiger partial charge in [0.15, 0.2) is 11.5 Å². The predicted octanol–water partition coefficient (Wildman–Crippen LogP) is 3.67. The highest BCUT2D eigenvalue weighted by Crippen LogP contribution is 2.38. The summed E-state index contributed by atoms with van der Waals surface area (Å²) in [6.45, 7) is 0. The van der Waals surface area contributed by atoms with Gasteiger partial charge in [0.2, 0.25) is 0 Å². The van der Waals surface area contributed by atoms with Crippen LogP contribution in [0.1, 0.15) is 16.5 Å². The number of thiophene rings is 1. The Morgan fingerprint density at radius 1 is 1.05 bits per heavy atom. The first-order valence-electron chi connectivity index (χ1n) is 6.38. The van der Waals surface area contributed by atoms with Crippen LogP contribution in [0.4, 0.5) is 0 Å². The van der Waals surface area contributed by atoms with Crippen LogP contribution in [-0.4, -0.2) is 21.3 Å². The maximum absolute atomic E-state index is 6.32. The second kappa shape index (κ2) is 7.02. The Balaban J connectivity index is 2.32. The number of methoxy groups -OCH3 is 3. The third-order valence-corrected chi connectivity index (χ3v) is 4.44. The molecule has 0 radical (unpaired) electrons. The summed E-state index contributed by atoms with van der Waals surface area (Å²) in [7, 11) is 4.79. The van der Waals surface area contributed by atoms with Crippen molar-refractivity contribution in [2.24, 2.45) is 5.73 Å². The molecule has 1 aromatic carbocycles. The Morgan fingerprint density at radius 3 is 2.19 bits per heavy atom. The Labute approximate surface area is 133 Å². The molecule has 1 unspecified atom stereocenters. The summed E-state index contributed by atoms with van der Waals surface area (Å²) in [6.07, 6.45) is 0.684. The molecule has 0 spiro atoms. The number of rotatable bonds is 6. The molecule has 4 nitrogen and oxygen atoms in total. The summed E-state index contributed by atoms with van der Waals surface area (Å²) in [5, 5.41) is 0. The Kier molecular flexibility index (Phi) is 5.33. The number of nitrogens with two attached hydrogens (primary N) is 1. The van der Waals surface area contributed by atoms with E-state index in [4.69, 9.17) is 31.5 Å². The number of benzene rings is 1. The smallest absolute Gasteiger partial charge is 0.164 e. The molecule has 1 aromatic heterocycles. The van der Waals surface area contributed by atoms with E-state index in [2.05, 4.69) is 0 Å². The quantitative estimate of drug-likeness (QED) is 0.879. The highest BCUT2D eigenvalue weighted by Gasteiger charge is 2.18. The minimum Gasteiger partial charge on any atom is -0.496 e. The molecule has 114 valence electrons. The van der Waals surface area contributed by atoms with E-state index in [1.165, 1.54) is 11.3 Å². The average Bonchev–Trinajstić information content (AvgIpc) is 2.90. The van der Waals surface area contributed by atoms with Gasteiger partial charge in [-0.25, -0.2) is 0 Å². The van der Waals surface area contributed by atoms with Crippen LogP contribution in [0.15, 0.2) is 24.3 Å². The van der Waals surface area contributed by atoms with E-state index in [1.54, 1.807) is 27.4 Å². The third-order valence-electron chi connectivity index (χ3n) is 3.19. The lowest BCUT2D eigenvalue weighted by atomic mass is 10.0. The van der Waals surface area contributed by atoms with Gasteiger partial charge < -0.3 is 19.9 Å². The lowest BCUT2D eigenvalue weighted by Crippen LogP contribution is -2.14. The first-order chi connectivity index (χ1) is 10.1. The second-order valence-corrected chi connectivity index (χ2v) is 6.27. The lowest BCUT2D eigenvalue weighted by molar-refractivity contribution is 0.346. The first-order valence-corrected chi connectivity index (χ1v) is 7.58. The highest BCUT2D eigenvalue weighted by atomic mass is 35.5. The van der Waals surface area contributed by atoms with Crippen LogP contribution in [0.2, 0.25) is 4.34 Å². The molecule has 2 rings (SSSR count). The average molecular weight is 328 g/mol. The van der Waals surface area contributed by atoms with Gasteiger partial charge in [-0.15, -0.1) is 11.3 Å². The topological polar surface area (TPSA) is 53.7 Å². The van der Waals surface area contributed by atoms with E-state index < -0.39 is 0 Å². The summed E-state index contributed by atoms with van der Waals surface area (Å²) in [5.74, 6) is 1.93. The zero-order valence-electron chi connectivity index (χ0n) is 12.2. The van der Waals surface area contributed by atoms with Gasteiger partial charge in [-0.1, -0.05) is 11.6 Å². The molecule has 21 heavy (non-hydrogen) atoms. The fourth-order valence-corrected chi connectivity index (χ4v) is 3.28. The summed E-state index contributed by atoms with van der Waals surface area (Å²) in [4.78, 5) is 1.13. The van der Waals surface area contributed by atoms with E-state index in [1.807, 2.05) is 18.2 Å².